The van der Waals surface area contributed by atoms with Crippen molar-refractivity contribution in [2.24, 2.45) is 5.92 Å². The summed E-state index contributed by atoms with van der Waals surface area (Å²) in [5.41, 5.74) is 0.257. The molecule has 1 heterocycles. The Hall–Kier alpha value is -2.80. The number of benzene rings is 1. The summed E-state index contributed by atoms with van der Waals surface area (Å²) < 4.78 is 10.5. The zero-order valence-corrected chi connectivity index (χ0v) is 18.7. The molecule has 3 rings (SSSR count). The smallest absolute Gasteiger partial charge is 0.329 e. The van der Waals surface area contributed by atoms with Crippen molar-refractivity contribution in [3.63, 3.8) is 0 Å². The fourth-order valence-electron chi connectivity index (χ4n) is 4.04. The lowest BCUT2D eigenvalue weighted by molar-refractivity contribution is -0.146. The van der Waals surface area contributed by atoms with Gasteiger partial charge >= 0.3 is 5.97 Å². The first-order valence-corrected chi connectivity index (χ1v) is 10.6. The number of rotatable bonds is 7. The van der Waals surface area contributed by atoms with E-state index in [2.05, 4.69) is 17.2 Å². The maximum atomic E-state index is 13.0. The van der Waals surface area contributed by atoms with Gasteiger partial charge in [0.1, 0.15) is 11.3 Å². The number of methoxy groups -OCH3 is 2. The van der Waals surface area contributed by atoms with Gasteiger partial charge in [-0.2, -0.15) is 0 Å². The van der Waals surface area contributed by atoms with Crippen LogP contribution in [-0.2, 0) is 4.79 Å². The average molecular weight is 447 g/mol. The van der Waals surface area contributed by atoms with Crippen molar-refractivity contribution >= 4 is 23.5 Å². The first-order valence-electron chi connectivity index (χ1n) is 10.3. The predicted molar refractivity (Wildman–Crippen MR) is 118 cm³/mol. The second kappa shape index (κ2) is 9.56. The van der Waals surface area contributed by atoms with Crippen molar-refractivity contribution in [1.82, 2.24) is 10.3 Å². The van der Waals surface area contributed by atoms with Gasteiger partial charge < -0.3 is 19.9 Å². The number of carboxylic acids is 1. The van der Waals surface area contributed by atoms with E-state index in [4.69, 9.17) is 21.1 Å². The lowest BCUT2D eigenvalue weighted by atomic mass is 9.75. The Balaban J connectivity index is 1.90. The Morgan fingerprint density at radius 2 is 1.94 bits per heavy atom. The molecular formula is C23H27ClN2O5. The maximum Gasteiger partial charge on any atom is 0.329 e. The van der Waals surface area contributed by atoms with E-state index in [0.29, 0.717) is 46.5 Å². The molecule has 8 heteroatoms. The molecule has 2 N–H and O–H groups in total. The lowest BCUT2D eigenvalue weighted by Gasteiger charge is -2.37. The number of carboxylic acid groups (broad SMARTS) is 1. The fraction of sp³-hybridized carbons (Fsp3) is 0.435. The first-order chi connectivity index (χ1) is 14.8. The molecule has 7 nitrogen and oxygen atoms in total. The summed E-state index contributed by atoms with van der Waals surface area (Å²) in [5.74, 6) is -0.127. The molecule has 0 bridgehead atoms. The summed E-state index contributed by atoms with van der Waals surface area (Å²) in [6.45, 7) is 2.10. The molecule has 31 heavy (non-hydrogen) atoms. The maximum absolute atomic E-state index is 13.0. The van der Waals surface area contributed by atoms with E-state index in [1.807, 2.05) is 0 Å². The van der Waals surface area contributed by atoms with E-state index in [9.17, 15) is 14.7 Å². The Kier molecular flexibility index (Phi) is 7.05. The Morgan fingerprint density at radius 1 is 1.23 bits per heavy atom. The van der Waals surface area contributed by atoms with E-state index < -0.39 is 17.4 Å². The van der Waals surface area contributed by atoms with E-state index in [1.165, 1.54) is 20.4 Å². The van der Waals surface area contributed by atoms with Gasteiger partial charge in [-0.1, -0.05) is 31.0 Å². The molecule has 2 aromatic rings. The Labute approximate surface area is 186 Å². The van der Waals surface area contributed by atoms with E-state index in [0.717, 1.165) is 19.3 Å². The third-order valence-corrected chi connectivity index (χ3v) is 6.36. The minimum Gasteiger partial charge on any atom is -0.495 e. The number of nitrogens with zero attached hydrogens (tertiary/aromatic N) is 1. The van der Waals surface area contributed by atoms with Crippen LogP contribution in [0.2, 0.25) is 5.02 Å². The largest absolute Gasteiger partial charge is 0.495 e. The number of hydrogen-bond acceptors (Lipinski definition) is 5. The third kappa shape index (κ3) is 4.77. The summed E-state index contributed by atoms with van der Waals surface area (Å²) in [4.78, 5) is 29.3. The molecule has 1 aliphatic carbocycles. The molecule has 1 amide bonds. The van der Waals surface area contributed by atoms with Crippen molar-refractivity contribution in [1.29, 1.82) is 0 Å². The molecule has 0 spiro atoms. The molecule has 1 fully saturated rings. The van der Waals surface area contributed by atoms with Crippen LogP contribution in [0.4, 0.5) is 0 Å². The second-order valence-electron chi connectivity index (χ2n) is 7.82. The number of hydrogen-bond donors (Lipinski definition) is 2. The molecule has 1 aromatic heterocycles. The molecule has 0 saturated heterocycles. The zero-order valence-electron chi connectivity index (χ0n) is 17.9. The van der Waals surface area contributed by atoms with Crippen LogP contribution in [0.15, 0.2) is 30.5 Å². The summed E-state index contributed by atoms with van der Waals surface area (Å²) in [5, 5.41) is 13.0. The van der Waals surface area contributed by atoms with Gasteiger partial charge in [0.05, 0.1) is 24.8 Å². The van der Waals surface area contributed by atoms with Crippen LogP contribution in [0.1, 0.15) is 49.4 Å². The average Bonchev–Trinajstić information content (AvgIpc) is 2.78. The molecule has 1 aliphatic rings. The third-order valence-electron chi connectivity index (χ3n) is 6.07. The van der Waals surface area contributed by atoms with Crippen LogP contribution in [0, 0.1) is 5.92 Å². The minimum atomic E-state index is -1.26. The van der Waals surface area contributed by atoms with Gasteiger partial charge in [-0.05, 0) is 55.4 Å². The number of amides is 1. The van der Waals surface area contributed by atoms with Crippen LogP contribution in [0.25, 0.3) is 11.1 Å². The molecular weight excluding hydrogens is 420 g/mol. The number of nitrogens with one attached hydrogen (secondary N) is 1. The van der Waals surface area contributed by atoms with Crippen molar-refractivity contribution in [2.75, 3.05) is 14.2 Å². The van der Waals surface area contributed by atoms with E-state index in [1.54, 1.807) is 24.3 Å². The van der Waals surface area contributed by atoms with Crippen LogP contribution in [0.5, 0.6) is 11.6 Å². The topological polar surface area (TPSA) is 97.8 Å². The SMILES string of the molecule is CCC1CCC(NC(=O)c2cnc(OC)c(-c3ccc(OC)c(Cl)c3)c2)(C(=O)O)CC1. The Bertz CT molecular complexity index is 970. The highest BCUT2D eigenvalue weighted by Gasteiger charge is 2.43. The number of pyridine rings is 1. The van der Waals surface area contributed by atoms with Crippen molar-refractivity contribution in [3.8, 4) is 22.8 Å². The number of carbonyl (C=O) groups excluding carboxylic acids is 1. The van der Waals surface area contributed by atoms with E-state index >= 15 is 0 Å². The first kappa shape index (κ1) is 22.9. The molecule has 1 saturated carbocycles. The van der Waals surface area contributed by atoms with Gasteiger partial charge in [-0.3, -0.25) is 4.79 Å². The van der Waals surface area contributed by atoms with Crippen LogP contribution in [-0.4, -0.2) is 41.7 Å². The number of ether oxygens (including phenoxy) is 2. The number of aliphatic carboxylic acids is 1. The van der Waals surface area contributed by atoms with Gasteiger partial charge in [0, 0.05) is 11.8 Å². The van der Waals surface area contributed by atoms with Crippen LogP contribution >= 0.6 is 11.6 Å². The Morgan fingerprint density at radius 3 is 2.48 bits per heavy atom. The molecule has 0 unspecified atom stereocenters. The monoisotopic (exact) mass is 446 g/mol. The summed E-state index contributed by atoms with van der Waals surface area (Å²) >= 11 is 6.25. The van der Waals surface area contributed by atoms with Crippen LogP contribution < -0.4 is 14.8 Å². The fourth-order valence-corrected chi connectivity index (χ4v) is 4.30. The van der Waals surface area contributed by atoms with E-state index in [-0.39, 0.29) is 5.56 Å². The second-order valence-corrected chi connectivity index (χ2v) is 8.23. The molecule has 166 valence electrons. The molecule has 0 atom stereocenters. The van der Waals surface area contributed by atoms with Crippen molar-refractivity contribution in [3.05, 3.63) is 41.0 Å². The highest BCUT2D eigenvalue weighted by molar-refractivity contribution is 6.32. The molecule has 0 aliphatic heterocycles. The quantitative estimate of drug-likeness (QED) is 0.646. The van der Waals surface area contributed by atoms with Gasteiger partial charge in [-0.25, -0.2) is 9.78 Å². The minimum absolute atomic E-state index is 0.251. The number of halogens is 1. The zero-order chi connectivity index (χ0) is 22.6. The highest BCUT2D eigenvalue weighted by atomic mass is 35.5. The predicted octanol–water partition coefficient (Wildman–Crippen LogP) is 4.57. The van der Waals surface area contributed by atoms with Gasteiger partial charge in [0.15, 0.2) is 0 Å². The van der Waals surface area contributed by atoms with Crippen LogP contribution in [0.3, 0.4) is 0 Å². The molecule has 1 aromatic carbocycles. The van der Waals surface area contributed by atoms with Gasteiger partial charge in [0.25, 0.3) is 5.91 Å². The molecule has 0 radical (unpaired) electrons. The number of aromatic nitrogens is 1. The standard InChI is InChI=1S/C23H27ClN2O5/c1-4-14-7-9-23(10-8-14,22(28)29)26-20(27)16-11-17(21(31-3)25-13-16)15-5-6-19(30-2)18(24)12-15/h5-6,11-14H,4,7-10H2,1-3H3,(H,26,27)(H,28,29). The normalized spacial score (nSPS) is 20.7. The highest BCUT2D eigenvalue weighted by Crippen LogP contribution is 2.36. The van der Waals surface area contributed by atoms with Crippen molar-refractivity contribution < 1.29 is 24.2 Å². The summed E-state index contributed by atoms with van der Waals surface area (Å²) in [6, 6.07) is 6.84. The van der Waals surface area contributed by atoms with Gasteiger partial charge in [-0.15, -0.1) is 0 Å². The summed E-state index contributed by atoms with van der Waals surface area (Å²) in [7, 11) is 3.02. The lowest BCUT2D eigenvalue weighted by Crippen LogP contribution is -2.56. The number of carbonyl (C=O) groups is 2. The summed E-state index contributed by atoms with van der Waals surface area (Å²) in [6.07, 6.45) is 4.78. The van der Waals surface area contributed by atoms with Gasteiger partial charge in [0.2, 0.25) is 5.88 Å². The van der Waals surface area contributed by atoms with Crippen molar-refractivity contribution in [2.45, 2.75) is 44.6 Å².